The van der Waals surface area contributed by atoms with E-state index in [0.717, 1.165) is 16.9 Å². The Morgan fingerprint density at radius 3 is 2.70 bits per heavy atom. The van der Waals surface area contributed by atoms with Gasteiger partial charge < -0.3 is 10.2 Å². The number of benzene rings is 1. The standard InChI is InChI=1S/C17H13FN4O/c1-10-5-6-14(23-10)17-20-16-9-12(8-15(19)22(16)21-17)11-3-2-4-13(18)7-11/h2-9H,19H2,1H3. The molecule has 6 heteroatoms. The van der Waals surface area contributed by atoms with Gasteiger partial charge >= 0.3 is 0 Å². The van der Waals surface area contributed by atoms with Gasteiger partial charge in [0.05, 0.1) is 0 Å². The Morgan fingerprint density at radius 2 is 1.96 bits per heavy atom. The highest BCUT2D eigenvalue weighted by Crippen LogP contribution is 2.26. The minimum absolute atomic E-state index is 0.297. The number of anilines is 1. The first-order valence-corrected chi connectivity index (χ1v) is 7.09. The van der Waals surface area contributed by atoms with Crippen molar-refractivity contribution in [3.8, 4) is 22.7 Å². The Bertz CT molecular complexity index is 1020. The molecule has 5 nitrogen and oxygen atoms in total. The first kappa shape index (κ1) is 13.5. The number of hydrogen-bond donors (Lipinski definition) is 1. The molecular formula is C17H13FN4O. The molecule has 0 aliphatic rings. The number of aromatic nitrogens is 3. The molecule has 0 radical (unpaired) electrons. The van der Waals surface area contributed by atoms with Crippen molar-refractivity contribution in [2.45, 2.75) is 6.92 Å². The van der Waals surface area contributed by atoms with Gasteiger partial charge in [-0.15, -0.1) is 5.10 Å². The summed E-state index contributed by atoms with van der Waals surface area (Å²) < 4.78 is 20.5. The number of aryl methyl sites for hydroxylation is 1. The van der Waals surface area contributed by atoms with Crippen LogP contribution < -0.4 is 5.73 Å². The van der Waals surface area contributed by atoms with Gasteiger partial charge in [-0.05, 0) is 54.4 Å². The second kappa shape index (κ2) is 4.95. The van der Waals surface area contributed by atoms with Gasteiger partial charge in [0.15, 0.2) is 11.4 Å². The molecule has 23 heavy (non-hydrogen) atoms. The van der Waals surface area contributed by atoms with Crippen LogP contribution in [0.25, 0.3) is 28.4 Å². The fraction of sp³-hybridized carbons (Fsp3) is 0.0588. The number of fused-ring (bicyclic) bond motifs is 1. The van der Waals surface area contributed by atoms with Crippen LogP contribution in [0.4, 0.5) is 10.2 Å². The van der Waals surface area contributed by atoms with Gasteiger partial charge in [-0.2, -0.15) is 4.52 Å². The summed E-state index contributed by atoms with van der Waals surface area (Å²) in [5.41, 5.74) is 8.16. The van der Waals surface area contributed by atoms with Crippen LogP contribution in [0.5, 0.6) is 0 Å². The van der Waals surface area contributed by atoms with Gasteiger partial charge in [-0.3, -0.25) is 0 Å². The van der Waals surface area contributed by atoms with Crippen molar-refractivity contribution in [2.75, 3.05) is 5.73 Å². The molecule has 0 atom stereocenters. The van der Waals surface area contributed by atoms with E-state index < -0.39 is 0 Å². The lowest BCUT2D eigenvalue weighted by molar-refractivity contribution is 0.544. The van der Waals surface area contributed by atoms with Gasteiger partial charge in [-0.25, -0.2) is 9.37 Å². The zero-order chi connectivity index (χ0) is 16.0. The van der Waals surface area contributed by atoms with Crippen LogP contribution in [0.2, 0.25) is 0 Å². The highest BCUT2D eigenvalue weighted by molar-refractivity contribution is 5.71. The highest BCUT2D eigenvalue weighted by Gasteiger charge is 2.13. The molecule has 114 valence electrons. The van der Waals surface area contributed by atoms with Crippen molar-refractivity contribution in [3.05, 3.63) is 60.1 Å². The molecule has 0 amide bonds. The molecule has 4 aromatic rings. The maximum absolute atomic E-state index is 13.4. The average molecular weight is 308 g/mol. The predicted molar refractivity (Wildman–Crippen MR) is 85.2 cm³/mol. The number of nitrogen functional groups attached to an aromatic ring is 1. The van der Waals surface area contributed by atoms with E-state index in [1.54, 1.807) is 12.1 Å². The molecule has 0 spiro atoms. The van der Waals surface area contributed by atoms with E-state index in [-0.39, 0.29) is 5.82 Å². The Balaban J connectivity index is 1.87. The van der Waals surface area contributed by atoms with E-state index in [1.165, 1.54) is 16.6 Å². The fourth-order valence-corrected chi connectivity index (χ4v) is 2.50. The summed E-state index contributed by atoms with van der Waals surface area (Å²) in [7, 11) is 0. The number of nitrogens with two attached hydrogens (primary N) is 1. The first-order valence-electron chi connectivity index (χ1n) is 7.09. The number of pyridine rings is 1. The van der Waals surface area contributed by atoms with E-state index in [1.807, 2.05) is 31.2 Å². The minimum atomic E-state index is -0.297. The Hall–Kier alpha value is -3.15. The summed E-state index contributed by atoms with van der Waals surface area (Å²) in [4.78, 5) is 4.45. The minimum Gasteiger partial charge on any atom is -0.458 e. The lowest BCUT2D eigenvalue weighted by Crippen LogP contribution is -1.99. The lowest BCUT2D eigenvalue weighted by atomic mass is 10.1. The van der Waals surface area contributed by atoms with Crippen molar-refractivity contribution >= 4 is 11.5 Å². The van der Waals surface area contributed by atoms with Gasteiger partial charge in [0.2, 0.25) is 5.82 Å². The van der Waals surface area contributed by atoms with E-state index in [9.17, 15) is 4.39 Å². The summed E-state index contributed by atoms with van der Waals surface area (Å²) in [6.45, 7) is 1.86. The summed E-state index contributed by atoms with van der Waals surface area (Å²) >= 11 is 0. The summed E-state index contributed by atoms with van der Waals surface area (Å²) in [6.07, 6.45) is 0. The molecule has 1 aromatic carbocycles. The van der Waals surface area contributed by atoms with E-state index >= 15 is 0 Å². The van der Waals surface area contributed by atoms with Gasteiger partial charge in [0, 0.05) is 0 Å². The van der Waals surface area contributed by atoms with E-state index in [2.05, 4.69) is 10.1 Å². The molecule has 4 rings (SSSR count). The molecule has 0 aliphatic carbocycles. The second-order valence-corrected chi connectivity index (χ2v) is 5.29. The third-order valence-corrected chi connectivity index (χ3v) is 3.58. The second-order valence-electron chi connectivity index (χ2n) is 5.29. The Morgan fingerprint density at radius 1 is 1.09 bits per heavy atom. The topological polar surface area (TPSA) is 69.3 Å². The largest absolute Gasteiger partial charge is 0.458 e. The van der Waals surface area contributed by atoms with Crippen LogP contribution in [0, 0.1) is 12.7 Å². The molecule has 2 N–H and O–H groups in total. The number of rotatable bonds is 2. The van der Waals surface area contributed by atoms with Crippen LogP contribution in [-0.4, -0.2) is 14.6 Å². The SMILES string of the molecule is Cc1ccc(-c2nc3cc(-c4cccc(F)c4)cc(N)n3n2)o1. The summed E-state index contributed by atoms with van der Waals surface area (Å²) in [6, 6.07) is 13.6. The maximum Gasteiger partial charge on any atom is 0.217 e. The van der Waals surface area contributed by atoms with Crippen molar-refractivity contribution in [1.29, 1.82) is 0 Å². The fourth-order valence-electron chi connectivity index (χ4n) is 2.50. The Labute approximate surface area is 131 Å². The smallest absolute Gasteiger partial charge is 0.217 e. The van der Waals surface area contributed by atoms with Crippen LogP contribution in [-0.2, 0) is 0 Å². The predicted octanol–water partition coefficient (Wildman–Crippen LogP) is 3.69. The molecule has 0 bridgehead atoms. The van der Waals surface area contributed by atoms with Crippen LogP contribution in [0.15, 0.2) is 52.9 Å². The third-order valence-electron chi connectivity index (χ3n) is 3.58. The van der Waals surface area contributed by atoms with E-state index in [4.69, 9.17) is 10.2 Å². The maximum atomic E-state index is 13.4. The Kier molecular flexibility index (Phi) is 2.90. The molecule has 0 aliphatic heterocycles. The monoisotopic (exact) mass is 308 g/mol. The van der Waals surface area contributed by atoms with Crippen LogP contribution in [0.3, 0.4) is 0 Å². The van der Waals surface area contributed by atoms with Crippen LogP contribution in [0.1, 0.15) is 5.76 Å². The molecule has 0 saturated carbocycles. The highest BCUT2D eigenvalue weighted by atomic mass is 19.1. The third kappa shape index (κ3) is 2.34. The van der Waals surface area contributed by atoms with Gasteiger partial charge in [-0.1, -0.05) is 12.1 Å². The number of halogens is 1. The molecule has 3 aromatic heterocycles. The molecule has 0 unspecified atom stereocenters. The average Bonchev–Trinajstić information content (AvgIpc) is 3.13. The molecular weight excluding hydrogens is 295 g/mol. The molecule has 0 fully saturated rings. The summed E-state index contributed by atoms with van der Waals surface area (Å²) in [5, 5.41) is 4.36. The lowest BCUT2D eigenvalue weighted by Gasteiger charge is -2.04. The normalized spacial score (nSPS) is 11.2. The number of hydrogen-bond acceptors (Lipinski definition) is 4. The first-order chi connectivity index (χ1) is 11.1. The van der Waals surface area contributed by atoms with Crippen molar-refractivity contribution in [3.63, 3.8) is 0 Å². The van der Waals surface area contributed by atoms with Gasteiger partial charge in [0.1, 0.15) is 17.4 Å². The number of furan rings is 1. The van der Waals surface area contributed by atoms with Crippen molar-refractivity contribution in [2.24, 2.45) is 0 Å². The molecule has 0 saturated heterocycles. The molecule has 3 heterocycles. The zero-order valence-electron chi connectivity index (χ0n) is 12.3. The van der Waals surface area contributed by atoms with Crippen molar-refractivity contribution < 1.29 is 8.81 Å². The summed E-state index contributed by atoms with van der Waals surface area (Å²) in [5.74, 6) is 1.95. The van der Waals surface area contributed by atoms with Crippen molar-refractivity contribution in [1.82, 2.24) is 14.6 Å². The van der Waals surface area contributed by atoms with Gasteiger partial charge in [0.25, 0.3) is 0 Å². The number of nitrogens with zero attached hydrogens (tertiary/aromatic N) is 3. The zero-order valence-corrected chi connectivity index (χ0v) is 12.3. The van der Waals surface area contributed by atoms with E-state index in [0.29, 0.717) is 23.0 Å². The quantitative estimate of drug-likeness (QED) is 0.613. The van der Waals surface area contributed by atoms with Crippen LogP contribution >= 0.6 is 0 Å².